The van der Waals surface area contributed by atoms with Gasteiger partial charge < -0.3 is 9.47 Å². The van der Waals surface area contributed by atoms with Crippen LogP contribution in [0.3, 0.4) is 0 Å². The highest BCUT2D eigenvalue weighted by molar-refractivity contribution is 7.92. The van der Waals surface area contributed by atoms with Crippen LogP contribution in [0.4, 0.5) is 5.69 Å². The molecule has 0 fully saturated rings. The van der Waals surface area contributed by atoms with Gasteiger partial charge >= 0.3 is 0 Å². The number of benzene rings is 3. The second-order valence-corrected chi connectivity index (χ2v) is 9.58. The Balaban J connectivity index is 1.75. The normalized spacial score (nSPS) is 11.2. The van der Waals surface area contributed by atoms with E-state index in [1.807, 2.05) is 13.8 Å². The summed E-state index contributed by atoms with van der Waals surface area (Å²) >= 11 is 0. The van der Waals surface area contributed by atoms with Crippen molar-refractivity contribution in [3.05, 3.63) is 96.6 Å². The van der Waals surface area contributed by atoms with Gasteiger partial charge in [-0.1, -0.05) is 30.4 Å². The number of nitrogens with one attached hydrogen (secondary N) is 1. The lowest BCUT2D eigenvalue weighted by molar-refractivity contribution is -0.119. The Hall–Kier alpha value is -4.11. The summed E-state index contributed by atoms with van der Waals surface area (Å²) < 4.78 is 38.8. The van der Waals surface area contributed by atoms with Gasteiger partial charge in [-0.2, -0.15) is 5.10 Å². The summed E-state index contributed by atoms with van der Waals surface area (Å²) in [5.74, 6) is 0.655. The number of amides is 1. The average molecular weight is 508 g/mol. The third-order valence-corrected chi connectivity index (χ3v) is 6.77. The minimum Gasteiger partial charge on any atom is -0.494 e. The zero-order valence-electron chi connectivity index (χ0n) is 20.3. The number of hydrogen-bond donors (Lipinski definition) is 1. The molecule has 0 saturated heterocycles. The first-order chi connectivity index (χ1) is 17.3. The van der Waals surface area contributed by atoms with Gasteiger partial charge in [-0.05, 0) is 80.1 Å². The van der Waals surface area contributed by atoms with E-state index >= 15 is 0 Å². The molecule has 0 aliphatic rings. The van der Waals surface area contributed by atoms with Crippen LogP contribution in [0.25, 0.3) is 0 Å². The smallest absolute Gasteiger partial charge is 0.264 e. The standard InChI is InChI=1S/C27H29N3O5S/c1-4-18-35-25-12-8-22(9-13-25)19-28-29-27(31)20-30(23-10-6-21(3)7-11-23)36(32,33)26-16-14-24(15-17-26)34-5-2/h4,6-17,19H,1,5,18,20H2,2-3H3,(H,29,31)/b28-19-. The maximum Gasteiger partial charge on any atom is 0.264 e. The first kappa shape index (κ1) is 26.5. The van der Waals surface area contributed by atoms with Crippen molar-refractivity contribution in [3.63, 3.8) is 0 Å². The fraction of sp³-hybridized carbons (Fsp3) is 0.185. The number of rotatable bonds is 12. The molecule has 0 radical (unpaired) electrons. The number of carbonyl (C=O) groups is 1. The van der Waals surface area contributed by atoms with Crippen LogP contribution < -0.4 is 19.2 Å². The molecule has 3 aromatic rings. The fourth-order valence-corrected chi connectivity index (χ4v) is 4.60. The van der Waals surface area contributed by atoms with E-state index in [0.29, 0.717) is 30.4 Å². The third kappa shape index (κ3) is 7.19. The summed E-state index contributed by atoms with van der Waals surface area (Å²) in [7, 11) is -4.04. The van der Waals surface area contributed by atoms with Crippen LogP contribution >= 0.6 is 0 Å². The molecule has 188 valence electrons. The van der Waals surface area contributed by atoms with E-state index in [1.54, 1.807) is 66.7 Å². The minimum absolute atomic E-state index is 0.0431. The number of sulfonamides is 1. The fourth-order valence-electron chi connectivity index (χ4n) is 3.18. The zero-order chi connectivity index (χ0) is 26.0. The van der Waals surface area contributed by atoms with Gasteiger partial charge in [0.05, 0.1) is 23.4 Å². The molecule has 36 heavy (non-hydrogen) atoms. The minimum atomic E-state index is -4.04. The van der Waals surface area contributed by atoms with Crippen LogP contribution in [0.5, 0.6) is 11.5 Å². The van der Waals surface area contributed by atoms with Crippen LogP contribution in [0.15, 0.2) is 95.4 Å². The largest absolute Gasteiger partial charge is 0.494 e. The van der Waals surface area contributed by atoms with Gasteiger partial charge in [0.25, 0.3) is 15.9 Å². The molecular formula is C27H29N3O5S. The Morgan fingerprint density at radius 1 is 0.972 bits per heavy atom. The van der Waals surface area contributed by atoms with Crippen molar-refractivity contribution < 1.29 is 22.7 Å². The predicted octanol–water partition coefficient (Wildman–Crippen LogP) is 4.30. The number of hydrazone groups is 1. The van der Waals surface area contributed by atoms with E-state index in [1.165, 1.54) is 18.3 Å². The molecule has 0 spiro atoms. The number of ether oxygens (including phenoxy) is 2. The molecule has 0 heterocycles. The SMILES string of the molecule is C=CCOc1ccc(/C=N\NC(=O)CN(c2ccc(C)cc2)S(=O)(=O)c2ccc(OCC)cc2)cc1. The zero-order valence-corrected chi connectivity index (χ0v) is 21.1. The Morgan fingerprint density at radius 2 is 1.58 bits per heavy atom. The summed E-state index contributed by atoms with van der Waals surface area (Å²) in [4.78, 5) is 12.7. The monoisotopic (exact) mass is 507 g/mol. The van der Waals surface area contributed by atoms with E-state index in [0.717, 1.165) is 15.4 Å². The highest BCUT2D eigenvalue weighted by atomic mass is 32.2. The summed E-state index contributed by atoms with van der Waals surface area (Å²) in [5, 5.41) is 3.96. The summed E-state index contributed by atoms with van der Waals surface area (Å²) in [6, 6.07) is 20.1. The molecule has 0 saturated carbocycles. The van der Waals surface area contributed by atoms with Crippen molar-refractivity contribution in [1.29, 1.82) is 0 Å². The molecule has 0 atom stereocenters. The molecule has 0 bridgehead atoms. The Bertz CT molecular complexity index is 1290. The maximum atomic E-state index is 13.5. The first-order valence-electron chi connectivity index (χ1n) is 11.3. The lowest BCUT2D eigenvalue weighted by Crippen LogP contribution is -2.39. The quantitative estimate of drug-likeness (QED) is 0.224. The molecule has 3 aromatic carbocycles. The van der Waals surface area contributed by atoms with Crippen molar-refractivity contribution in [3.8, 4) is 11.5 Å². The second-order valence-electron chi connectivity index (χ2n) is 7.71. The van der Waals surface area contributed by atoms with Gasteiger partial charge in [0.1, 0.15) is 24.7 Å². The van der Waals surface area contributed by atoms with E-state index in [-0.39, 0.29) is 4.90 Å². The number of carbonyl (C=O) groups excluding carboxylic acids is 1. The number of hydrogen-bond acceptors (Lipinski definition) is 6. The average Bonchev–Trinajstić information content (AvgIpc) is 2.88. The summed E-state index contributed by atoms with van der Waals surface area (Å²) in [5.41, 5.74) is 4.47. The van der Waals surface area contributed by atoms with Gasteiger partial charge in [0.2, 0.25) is 0 Å². The van der Waals surface area contributed by atoms with Gasteiger partial charge in [0, 0.05) is 0 Å². The molecule has 8 nitrogen and oxygen atoms in total. The van der Waals surface area contributed by atoms with Crippen LogP contribution in [0.1, 0.15) is 18.1 Å². The predicted molar refractivity (Wildman–Crippen MR) is 141 cm³/mol. The van der Waals surface area contributed by atoms with Gasteiger partial charge in [-0.3, -0.25) is 9.10 Å². The molecule has 0 aliphatic heterocycles. The Kier molecular flexibility index (Phi) is 9.24. The van der Waals surface area contributed by atoms with Crippen molar-refractivity contribution in [1.82, 2.24) is 5.43 Å². The van der Waals surface area contributed by atoms with Crippen LogP contribution in [0, 0.1) is 6.92 Å². The Morgan fingerprint density at radius 3 is 2.19 bits per heavy atom. The molecule has 3 rings (SSSR count). The molecular weight excluding hydrogens is 478 g/mol. The van der Waals surface area contributed by atoms with E-state index < -0.39 is 22.5 Å². The van der Waals surface area contributed by atoms with E-state index in [9.17, 15) is 13.2 Å². The number of nitrogens with zero attached hydrogens (tertiary/aromatic N) is 2. The lowest BCUT2D eigenvalue weighted by Gasteiger charge is -2.24. The van der Waals surface area contributed by atoms with Gasteiger partial charge in [-0.15, -0.1) is 0 Å². The van der Waals surface area contributed by atoms with E-state index in [2.05, 4.69) is 17.1 Å². The molecule has 9 heteroatoms. The van der Waals surface area contributed by atoms with Crippen LogP contribution in [-0.4, -0.2) is 40.3 Å². The van der Waals surface area contributed by atoms with Crippen molar-refractivity contribution in [2.24, 2.45) is 5.10 Å². The number of aryl methyl sites for hydroxylation is 1. The Labute approximate surface area is 211 Å². The highest BCUT2D eigenvalue weighted by Gasteiger charge is 2.27. The summed E-state index contributed by atoms with van der Waals surface area (Å²) in [6.45, 7) is 7.76. The van der Waals surface area contributed by atoms with Crippen molar-refractivity contribution in [2.75, 3.05) is 24.1 Å². The first-order valence-corrected chi connectivity index (χ1v) is 12.8. The maximum absolute atomic E-state index is 13.5. The molecule has 1 amide bonds. The molecule has 0 aromatic heterocycles. The topological polar surface area (TPSA) is 97.3 Å². The summed E-state index contributed by atoms with van der Waals surface area (Å²) in [6.07, 6.45) is 3.12. The molecule has 0 unspecified atom stereocenters. The number of anilines is 1. The van der Waals surface area contributed by atoms with Crippen molar-refractivity contribution >= 4 is 27.8 Å². The lowest BCUT2D eigenvalue weighted by atomic mass is 10.2. The van der Waals surface area contributed by atoms with Gasteiger partial charge in [0.15, 0.2) is 0 Å². The van der Waals surface area contributed by atoms with Crippen LogP contribution in [0.2, 0.25) is 0 Å². The van der Waals surface area contributed by atoms with Crippen molar-refractivity contribution in [2.45, 2.75) is 18.7 Å². The van der Waals surface area contributed by atoms with Crippen LogP contribution in [-0.2, 0) is 14.8 Å². The highest BCUT2D eigenvalue weighted by Crippen LogP contribution is 2.25. The van der Waals surface area contributed by atoms with E-state index in [4.69, 9.17) is 9.47 Å². The third-order valence-electron chi connectivity index (χ3n) is 4.98. The van der Waals surface area contributed by atoms with Gasteiger partial charge in [-0.25, -0.2) is 13.8 Å². The molecule has 0 aliphatic carbocycles. The molecule has 1 N–H and O–H groups in total. The second kappa shape index (κ2) is 12.6.